The Kier molecular flexibility index (Phi) is 7.28. The first-order valence-electron chi connectivity index (χ1n) is 7.28. The molecule has 0 saturated carbocycles. The number of aliphatic hydroxyl groups is 1. The molecule has 1 aliphatic rings. The number of nitrogens with zero attached hydrogens (tertiary/aromatic N) is 2. The molecule has 18 heavy (non-hydrogen) atoms. The lowest BCUT2D eigenvalue weighted by Gasteiger charge is -2.32. The van der Waals surface area contributed by atoms with Crippen molar-refractivity contribution in [3.63, 3.8) is 0 Å². The van der Waals surface area contributed by atoms with Gasteiger partial charge in [-0.05, 0) is 31.7 Å². The summed E-state index contributed by atoms with van der Waals surface area (Å²) in [4.78, 5) is 16.2. The van der Waals surface area contributed by atoms with Crippen molar-refractivity contribution in [1.82, 2.24) is 9.80 Å². The van der Waals surface area contributed by atoms with Crippen LogP contribution in [0.5, 0.6) is 0 Å². The third kappa shape index (κ3) is 5.36. The molecule has 4 heteroatoms. The first kappa shape index (κ1) is 15.4. The van der Waals surface area contributed by atoms with Gasteiger partial charge in [0.2, 0.25) is 5.91 Å². The number of carbonyl (C=O) groups is 1. The Morgan fingerprint density at radius 2 is 2.00 bits per heavy atom. The van der Waals surface area contributed by atoms with Crippen LogP contribution in [0.2, 0.25) is 0 Å². The van der Waals surface area contributed by atoms with E-state index in [9.17, 15) is 4.79 Å². The van der Waals surface area contributed by atoms with Crippen LogP contribution in [-0.2, 0) is 4.79 Å². The minimum Gasteiger partial charge on any atom is -0.395 e. The molecule has 1 saturated heterocycles. The molecule has 106 valence electrons. The monoisotopic (exact) mass is 256 g/mol. The third-order valence-electron chi connectivity index (χ3n) is 3.74. The maximum Gasteiger partial charge on any atom is 0.236 e. The molecule has 1 heterocycles. The number of aliphatic hydroxyl groups excluding tert-OH is 1. The van der Waals surface area contributed by atoms with Crippen LogP contribution in [-0.4, -0.2) is 60.1 Å². The topological polar surface area (TPSA) is 43.8 Å². The summed E-state index contributed by atoms with van der Waals surface area (Å²) < 4.78 is 0. The van der Waals surface area contributed by atoms with Crippen LogP contribution in [0.25, 0.3) is 0 Å². The lowest BCUT2D eigenvalue weighted by molar-refractivity contribution is -0.133. The smallest absolute Gasteiger partial charge is 0.236 e. The number of rotatable bonds is 7. The van der Waals surface area contributed by atoms with Crippen molar-refractivity contribution in [3.05, 3.63) is 0 Å². The van der Waals surface area contributed by atoms with Crippen LogP contribution in [0.1, 0.15) is 39.5 Å². The second-order valence-corrected chi connectivity index (χ2v) is 5.42. The second-order valence-electron chi connectivity index (χ2n) is 5.42. The lowest BCUT2D eigenvalue weighted by Crippen LogP contribution is -2.44. The average molecular weight is 256 g/mol. The zero-order chi connectivity index (χ0) is 13.4. The molecule has 0 aromatic carbocycles. The van der Waals surface area contributed by atoms with Crippen LogP contribution in [0.4, 0.5) is 0 Å². The molecular weight excluding hydrogens is 228 g/mol. The molecule has 0 aromatic rings. The maximum atomic E-state index is 12.2. The summed E-state index contributed by atoms with van der Waals surface area (Å²) in [6, 6.07) is 0. The van der Waals surface area contributed by atoms with Gasteiger partial charge in [-0.3, -0.25) is 9.69 Å². The quantitative estimate of drug-likeness (QED) is 0.747. The fraction of sp³-hybridized carbons (Fsp3) is 0.929. The van der Waals surface area contributed by atoms with Gasteiger partial charge in [-0.2, -0.15) is 0 Å². The molecule has 1 amide bonds. The van der Waals surface area contributed by atoms with E-state index in [0.29, 0.717) is 13.1 Å². The number of unbranched alkanes of at least 4 members (excludes halogenated alkanes) is 1. The average Bonchev–Trinajstić information content (AvgIpc) is 2.37. The van der Waals surface area contributed by atoms with Gasteiger partial charge in [-0.15, -0.1) is 0 Å². The minimum absolute atomic E-state index is 0.133. The Hall–Kier alpha value is -0.610. The predicted octanol–water partition coefficient (Wildman–Crippen LogP) is 1.34. The molecular formula is C14H28N2O2. The number of likely N-dealkylation sites (tertiary alicyclic amines) is 1. The van der Waals surface area contributed by atoms with Gasteiger partial charge in [0, 0.05) is 19.6 Å². The van der Waals surface area contributed by atoms with E-state index in [2.05, 4.69) is 18.7 Å². The molecule has 0 spiro atoms. The van der Waals surface area contributed by atoms with Crippen molar-refractivity contribution in [3.8, 4) is 0 Å². The zero-order valence-electron chi connectivity index (χ0n) is 11.9. The van der Waals surface area contributed by atoms with E-state index >= 15 is 0 Å². The van der Waals surface area contributed by atoms with Crippen LogP contribution < -0.4 is 0 Å². The summed E-state index contributed by atoms with van der Waals surface area (Å²) in [5.74, 6) is 0.981. The van der Waals surface area contributed by atoms with Crippen molar-refractivity contribution >= 4 is 5.91 Å². The number of piperidine rings is 1. The van der Waals surface area contributed by atoms with Gasteiger partial charge in [0.25, 0.3) is 0 Å². The zero-order valence-corrected chi connectivity index (χ0v) is 11.9. The van der Waals surface area contributed by atoms with Gasteiger partial charge in [-0.1, -0.05) is 20.3 Å². The Morgan fingerprint density at radius 3 is 2.56 bits per heavy atom. The van der Waals surface area contributed by atoms with Gasteiger partial charge >= 0.3 is 0 Å². The highest BCUT2D eigenvalue weighted by atomic mass is 16.3. The number of hydrogen-bond acceptors (Lipinski definition) is 3. The summed E-state index contributed by atoms with van der Waals surface area (Å²) in [6.07, 6.45) is 4.46. The van der Waals surface area contributed by atoms with Crippen molar-refractivity contribution in [2.24, 2.45) is 5.92 Å². The lowest BCUT2D eigenvalue weighted by atomic mass is 9.99. The van der Waals surface area contributed by atoms with Gasteiger partial charge in [-0.25, -0.2) is 0 Å². The fourth-order valence-corrected chi connectivity index (χ4v) is 2.34. The van der Waals surface area contributed by atoms with Crippen LogP contribution in [0, 0.1) is 5.92 Å². The molecule has 1 rings (SSSR count). The SMILES string of the molecule is CCCCN(CCO)CC(=O)N1CCC(C)CC1. The standard InChI is InChI=1S/C14H28N2O2/c1-3-4-7-15(10-11-17)12-14(18)16-8-5-13(2)6-9-16/h13,17H,3-12H2,1-2H3. The fourth-order valence-electron chi connectivity index (χ4n) is 2.34. The molecule has 0 atom stereocenters. The first-order chi connectivity index (χ1) is 8.67. The van der Waals surface area contributed by atoms with Gasteiger partial charge < -0.3 is 10.0 Å². The largest absolute Gasteiger partial charge is 0.395 e. The Morgan fingerprint density at radius 1 is 1.33 bits per heavy atom. The van der Waals surface area contributed by atoms with Crippen molar-refractivity contribution in [2.75, 3.05) is 39.3 Å². The minimum atomic E-state index is 0.133. The highest BCUT2D eigenvalue weighted by Crippen LogP contribution is 2.16. The number of amides is 1. The van der Waals surface area contributed by atoms with Gasteiger partial charge in [0.15, 0.2) is 0 Å². The van der Waals surface area contributed by atoms with Crippen LogP contribution in [0.3, 0.4) is 0 Å². The Labute approximate surface area is 111 Å². The maximum absolute atomic E-state index is 12.2. The molecule has 0 aliphatic carbocycles. The molecule has 4 nitrogen and oxygen atoms in total. The van der Waals surface area contributed by atoms with Crippen molar-refractivity contribution < 1.29 is 9.90 Å². The molecule has 0 unspecified atom stereocenters. The van der Waals surface area contributed by atoms with Crippen LogP contribution >= 0.6 is 0 Å². The summed E-state index contributed by atoms with van der Waals surface area (Å²) in [5.41, 5.74) is 0. The first-order valence-corrected chi connectivity index (χ1v) is 7.28. The third-order valence-corrected chi connectivity index (χ3v) is 3.74. The number of hydrogen-bond donors (Lipinski definition) is 1. The second kappa shape index (κ2) is 8.48. The highest BCUT2D eigenvalue weighted by molar-refractivity contribution is 5.78. The summed E-state index contributed by atoms with van der Waals surface area (Å²) in [5, 5.41) is 9.03. The predicted molar refractivity (Wildman–Crippen MR) is 73.4 cm³/mol. The van der Waals surface area contributed by atoms with E-state index in [-0.39, 0.29) is 12.5 Å². The van der Waals surface area contributed by atoms with Gasteiger partial charge in [0.05, 0.1) is 13.2 Å². The normalized spacial score (nSPS) is 17.4. The van der Waals surface area contributed by atoms with Gasteiger partial charge in [0.1, 0.15) is 0 Å². The molecule has 1 fully saturated rings. The highest BCUT2D eigenvalue weighted by Gasteiger charge is 2.21. The summed E-state index contributed by atoms with van der Waals surface area (Å²) >= 11 is 0. The van der Waals surface area contributed by atoms with E-state index in [4.69, 9.17) is 5.11 Å². The summed E-state index contributed by atoms with van der Waals surface area (Å²) in [7, 11) is 0. The van der Waals surface area contributed by atoms with E-state index in [1.807, 2.05) is 4.90 Å². The summed E-state index contributed by atoms with van der Waals surface area (Å²) in [6.45, 7) is 8.32. The van der Waals surface area contributed by atoms with E-state index < -0.39 is 0 Å². The molecule has 0 radical (unpaired) electrons. The van der Waals surface area contributed by atoms with E-state index in [1.165, 1.54) is 0 Å². The Balaban J connectivity index is 2.35. The number of carbonyl (C=O) groups excluding carboxylic acids is 1. The Bertz CT molecular complexity index is 238. The van der Waals surface area contributed by atoms with E-state index in [0.717, 1.165) is 51.2 Å². The molecule has 1 aliphatic heterocycles. The molecule has 1 N–H and O–H groups in total. The molecule has 0 bridgehead atoms. The van der Waals surface area contributed by atoms with Crippen molar-refractivity contribution in [1.29, 1.82) is 0 Å². The van der Waals surface area contributed by atoms with E-state index in [1.54, 1.807) is 0 Å². The van der Waals surface area contributed by atoms with Crippen LogP contribution in [0.15, 0.2) is 0 Å². The van der Waals surface area contributed by atoms with Crippen molar-refractivity contribution in [2.45, 2.75) is 39.5 Å². The molecule has 0 aromatic heterocycles.